The van der Waals surface area contributed by atoms with Crippen LogP contribution in [0.4, 0.5) is 0 Å². The maximum Gasteiger partial charge on any atom is 0.221 e. The van der Waals surface area contributed by atoms with Crippen LogP contribution in [0.25, 0.3) is 0 Å². The molecule has 0 bridgehead atoms. The third kappa shape index (κ3) is 26.2. The lowest BCUT2D eigenvalue weighted by Gasteiger charge is -1.93. The molecule has 6 heteroatoms. The second-order valence-electron chi connectivity index (χ2n) is 1.63. The first-order valence-electron chi connectivity index (χ1n) is 3.11. The summed E-state index contributed by atoms with van der Waals surface area (Å²) < 4.78 is 9.19. The fourth-order valence-electron chi connectivity index (χ4n) is 0.213. The first kappa shape index (κ1) is 13.2. The van der Waals surface area contributed by atoms with Crippen LogP contribution in [-0.2, 0) is 9.36 Å². The monoisotopic (exact) mass is 183 g/mol. The first-order chi connectivity index (χ1) is 5.04. The number of rotatable bonds is 2. The van der Waals surface area contributed by atoms with Gasteiger partial charge in [0.2, 0.25) is 5.91 Å². The highest BCUT2D eigenvalue weighted by atomic mass is 31.1. The molecule has 0 aliphatic heterocycles. The molecule has 68 valence electrons. The van der Waals surface area contributed by atoms with E-state index >= 15 is 0 Å². The molecule has 1 amide bonds. The summed E-state index contributed by atoms with van der Waals surface area (Å²) in [6.45, 7) is 2.74. The summed E-state index contributed by atoms with van der Waals surface area (Å²) in [7, 11) is -2.13. The highest BCUT2D eigenvalue weighted by Crippen LogP contribution is 1.99. The predicted molar refractivity (Wildman–Crippen MR) is 42.7 cm³/mol. The minimum atomic E-state index is -2.13. The van der Waals surface area contributed by atoms with Crippen LogP contribution in [0, 0.1) is 0 Å². The van der Waals surface area contributed by atoms with Gasteiger partial charge in [-0.05, 0) is 0 Å². The summed E-state index contributed by atoms with van der Waals surface area (Å²) in [5.41, 5.74) is 0. The normalized spacial score (nSPS) is 10.9. The van der Waals surface area contributed by atoms with Crippen LogP contribution in [-0.4, -0.2) is 29.3 Å². The van der Waals surface area contributed by atoms with Gasteiger partial charge >= 0.3 is 0 Å². The Morgan fingerprint density at radius 2 is 2.00 bits per heavy atom. The molecule has 0 heterocycles. The smallest absolute Gasteiger partial charge is 0.221 e. The second kappa shape index (κ2) is 9.62. The topological polar surface area (TPSA) is 86.6 Å². The Kier molecular flexibility index (Phi) is 11.6. The largest absolute Gasteiger partial charge is 0.377 e. The molecule has 0 aromatic carbocycles. The maximum atomic E-state index is 10.1. The molecule has 0 spiro atoms. The number of nitrogens with one attached hydrogen (secondary N) is 1. The molecule has 3 N–H and O–H groups in total. The Morgan fingerprint density at radius 1 is 1.64 bits per heavy atom. The number of carbonyl (C=O) groups is 1. The van der Waals surface area contributed by atoms with Crippen molar-refractivity contribution in [1.82, 2.24) is 5.32 Å². The van der Waals surface area contributed by atoms with Crippen LogP contribution in [0.3, 0.4) is 0 Å². The molecule has 0 aliphatic rings. The first-order valence-corrected chi connectivity index (χ1v) is 4.97. The molecular weight excluding hydrogens is 169 g/mol. The highest BCUT2D eigenvalue weighted by molar-refractivity contribution is 7.36. The van der Waals surface area contributed by atoms with E-state index in [0.29, 0.717) is 6.42 Å². The molecule has 1 atom stereocenters. The van der Waals surface area contributed by atoms with E-state index in [1.807, 2.05) is 0 Å². The summed E-state index contributed by atoms with van der Waals surface area (Å²) in [6, 6.07) is 0. The van der Waals surface area contributed by atoms with Gasteiger partial charge in [0.25, 0.3) is 0 Å². The van der Waals surface area contributed by atoms with Crippen LogP contribution >= 0.6 is 8.03 Å². The van der Waals surface area contributed by atoms with Gasteiger partial charge in [-0.1, -0.05) is 6.92 Å². The van der Waals surface area contributed by atoms with Gasteiger partial charge in [-0.25, -0.2) is 0 Å². The molecule has 0 saturated heterocycles. The number of aliphatic hydroxyl groups is 1. The summed E-state index contributed by atoms with van der Waals surface area (Å²) in [5.74, 6) is -0.123. The molecule has 0 fully saturated rings. The zero-order chi connectivity index (χ0) is 9.28. The third-order valence-electron chi connectivity index (χ3n) is 0.597. The van der Waals surface area contributed by atoms with E-state index in [1.165, 1.54) is 6.66 Å². The van der Waals surface area contributed by atoms with Crippen LogP contribution in [0.1, 0.15) is 13.3 Å². The van der Waals surface area contributed by atoms with Crippen LogP contribution in [0.5, 0.6) is 0 Å². The van der Waals surface area contributed by atoms with E-state index < -0.39 is 8.03 Å². The van der Waals surface area contributed by atoms with Crippen LogP contribution < -0.4 is 5.32 Å². The molecule has 1 unspecified atom stereocenters. The predicted octanol–water partition coefficient (Wildman–Crippen LogP) is -0.454. The molecule has 0 saturated carbocycles. The quantitative estimate of drug-likeness (QED) is 0.399. The van der Waals surface area contributed by atoms with E-state index in [-0.39, 0.29) is 12.6 Å². The molecule has 0 aromatic heterocycles. The average Bonchev–Trinajstić information content (AvgIpc) is 1.87. The van der Waals surface area contributed by atoms with Gasteiger partial charge in [-0.3, -0.25) is 9.36 Å². The highest BCUT2D eigenvalue weighted by Gasteiger charge is 1.89. The zero-order valence-corrected chi connectivity index (χ0v) is 7.63. The molecule has 0 rings (SSSR count). The Balaban J connectivity index is 0. The van der Waals surface area contributed by atoms with Crippen molar-refractivity contribution in [3.63, 3.8) is 0 Å². The fourth-order valence-corrected chi connectivity index (χ4v) is 0.213. The van der Waals surface area contributed by atoms with Gasteiger partial charge < -0.3 is 15.3 Å². The number of hydrogen-bond donors (Lipinski definition) is 3. The lowest BCUT2D eigenvalue weighted by Crippen LogP contribution is -2.22. The summed E-state index contributed by atoms with van der Waals surface area (Å²) >= 11 is 0. The van der Waals surface area contributed by atoms with Gasteiger partial charge in [-0.15, -0.1) is 0 Å². The number of hydrogen-bond acceptors (Lipinski definition) is 3. The minimum absolute atomic E-state index is 0.123. The van der Waals surface area contributed by atoms with Gasteiger partial charge in [0.1, 0.15) is 6.73 Å². The summed E-state index contributed by atoms with van der Waals surface area (Å²) in [4.78, 5) is 17.7. The molecule has 5 nitrogen and oxygen atoms in total. The Labute approximate surface area is 66.3 Å². The average molecular weight is 183 g/mol. The van der Waals surface area contributed by atoms with Crippen LogP contribution in [0.15, 0.2) is 0 Å². The van der Waals surface area contributed by atoms with Crippen LogP contribution in [0.2, 0.25) is 0 Å². The lowest BCUT2D eigenvalue weighted by atomic mass is 10.5. The number of carbonyl (C=O) groups excluding carboxylic acids is 1. The van der Waals surface area contributed by atoms with Gasteiger partial charge in [-0.2, -0.15) is 0 Å². The van der Waals surface area contributed by atoms with Crippen molar-refractivity contribution >= 4 is 13.9 Å². The molecular formula is C5H14NO4P. The molecule has 0 aromatic rings. The number of amides is 1. The third-order valence-corrected chi connectivity index (χ3v) is 0.597. The zero-order valence-electron chi connectivity index (χ0n) is 6.63. The molecule has 0 radical (unpaired) electrons. The van der Waals surface area contributed by atoms with E-state index in [2.05, 4.69) is 5.32 Å². The SMILES string of the molecule is CCC(=O)NCO.C[PH](=O)O. The van der Waals surface area contributed by atoms with Crippen molar-refractivity contribution in [3.8, 4) is 0 Å². The van der Waals surface area contributed by atoms with Crippen molar-refractivity contribution in [1.29, 1.82) is 0 Å². The summed E-state index contributed by atoms with van der Waals surface area (Å²) in [5, 5.41) is 10.2. The maximum absolute atomic E-state index is 10.1. The standard InChI is InChI=1S/C4H9NO2.CH5O2P/c1-2-4(7)5-3-6;1-4(2)3/h6H,2-3H2,1H3,(H,5,7);4H,1H3,(H,2,3). The Hall–Kier alpha value is -0.380. The fraction of sp³-hybridized carbons (Fsp3) is 0.800. The van der Waals surface area contributed by atoms with Gasteiger partial charge in [0, 0.05) is 13.1 Å². The van der Waals surface area contributed by atoms with Crippen molar-refractivity contribution < 1.29 is 19.4 Å². The van der Waals surface area contributed by atoms with E-state index in [4.69, 9.17) is 10.00 Å². The minimum Gasteiger partial charge on any atom is -0.377 e. The van der Waals surface area contributed by atoms with E-state index in [0.717, 1.165) is 0 Å². The summed E-state index contributed by atoms with van der Waals surface area (Å²) in [6.07, 6.45) is 0.431. The Bertz CT molecular complexity index is 124. The van der Waals surface area contributed by atoms with Crippen molar-refractivity contribution in [3.05, 3.63) is 0 Å². The lowest BCUT2D eigenvalue weighted by molar-refractivity contribution is -0.121. The van der Waals surface area contributed by atoms with Gasteiger partial charge in [0.05, 0.1) is 0 Å². The van der Waals surface area contributed by atoms with Crippen molar-refractivity contribution in [2.75, 3.05) is 13.4 Å². The molecule has 11 heavy (non-hydrogen) atoms. The van der Waals surface area contributed by atoms with E-state index in [1.54, 1.807) is 6.92 Å². The van der Waals surface area contributed by atoms with Crippen molar-refractivity contribution in [2.45, 2.75) is 13.3 Å². The van der Waals surface area contributed by atoms with Gasteiger partial charge in [0.15, 0.2) is 8.03 Å². The second-order valence-corrected chi connectivity index (χ2v) is 2.67. The number of aliphatic hydroxyl groups excluding tert-OH is 1. The van der Waals surface area contributed by atoms with Crippen molar-refractivity contribution in [2.24, 2.45) is 0 Å². The molecule has 0 aliphatic carbocycles. The van der Waals surface area contributed by atoms with E-state index in [9.17, 15) is 9.36 Å². The Morgan fingerprint density at radius 3 is 2.09 bits per heavy atom.